The lowest BCUT2D eigenvalue weighted by atomic mass is 9.98. The lowest BCUT2D eigenvalue weighted by molar-refractivity contribution is -0.143. The summed E-state index contributed by atoms with van der Waals surface area (Å²) >= 11 is 1.74. The minimum Gasteiger partial charge on any atom is -0.504 e. The number of phenols is 1. The molecule has 2 aromatic carbocycles. The van der Waals surface area contributed by atoms with Crippen LogP contribution in [0.4, 0.5) is 0 Å². The van der Waals surface area contributed by atoms with E-state index in [1.807, 2.05) is 25.1 Å². The van der Waals surface area contributed by atoms with Crippen molar-refractivity contribution >= 4 is 17.3 Å². The van der Waals surface area contributed by atoms with Crippen LogP contribution in [0.3, 0.4) is 0 Å². The van der Waals surface area contributed by atoms with Gasteiger partial charge in [0.05, 0.1) is 31.9 Å². The first-order valence-corrected chi connectivity index (χ1v) is 13.8. The van der Waals surface area contributed by atoms with Crippen molar-refractivity contribution in [2.24, 2.45) is 0 Å². The van der Waals surface area contributed by atoms with E-state index < -0.39 is 0 Å². The number of thiazole rings is 1. The third-order valence-corrected chi connectivity index (χ3v) is 8.11. The van der Waals surface area contributed by atoms with Gasteiger partial charge >= 0.3 is 5.97 Å². The number of ether oxygens (including phenoxy) is 3. The Kier molecular flexibility index (Phi) is 7.75. The Morgan fingerprint density at radius 2 is 1.94 bits per heavy atom. The van der Waals surface area contributed by atoms with Gasteiger partial charge in [-0.05, 0) is 92.8 Å². The van der Waals surface area contributed by atoms with Crippen LogP contribution in [0.1, 0.15) is 66.6 Å². The van der Waals surface area contributed by atoms with Gasteiger partial charge in [0.2, 0.25) is 0 Å². The average molecular weight is 508 g/mol. The Morgan fingerprint density at radius 1 is 1.08 bits per heavy atom. The number of carbonyl (C=O) groups excluding carboxylic acids is 1. The maximum absolute atomic E-state index is 11.8. The first-order valence-electron chi connectivity index (χ1n) is 13.0. The molecule has 7 heteroatoms. The van der Waals surface area contributed by atoms with Gasteiger partial charge in [-0.25, -0.2) is 4.98 Å². The van der Waals surface area contributed by atoms with Crippen LogP contribution >= 0.6 is 11.3 Å². The second-order valence-electron chi connectivity index (χ2n) is 9.43. The summed E-state index contributed by atoms with van der Waals surface area (Å²) in [6.07, 6.45) is 7.69. The summed E-state index contributed by atoms with van der Waals surface area (Å²) < 4.78 is 16.8. The molecule has 1 heterocycles. The van der Waals surface area contributed by atoms with Crippen LogP contribution in [-0.4, -0.2) is 35.9 Å². The fourth-order valence-electron chi connectivity index (χ4n) is 5.08. The Balaban J connectivity index is 1.08. The molecule has 2 aliphatic rings. The molecule has 0 bridgehead atoms. The molecule has 0 amide bonds. The topological polar surface area (TPSA) is 77.9 Å². The van der Waals surface area contributed by atoms with Gasteiger partial charge in [-0.3, -0.25) is 4.79 Å². The number of hydrogen-bond donors (Lipinski definition) is 1. The number of esters is 1. The number of aryl methyl sites for hydroxylation is 3. The van der Waals surface area contributed by atoms with Gasteiger partial charge in [0.1, 0.15) is 10.8 Å². The number of phenolic OH excluding ortho intramolecular Hbond substituents is 1. The zero-order valence-electron chi connectivity index (χ0n) is 20.8. The number of benzene rings is 2. The van der Waals surface area contributed by atoms with E-state index in [-0.39, 0.29) is 17.6 Å². The largest absolute Gasteiger partial charge is 0.504 e. The molecule has 1 atom stereocenters. The van der Waals surface area contributed by atoms with Crippen LogP contribution in [0.2, 0.25) is 0 Å². The molecule has 1 aromatic heterocycles. The second-order valence-corrected chi connectivity index (χ2v) is 10.5. The third-order valence-electron chi connectivity index (χ3n) is 6.90. The molecule has 0 unspecified atom stereocenters. The highest BCUT2D eigenvalue weighted by molar-refractivity contribution is 7.15. The Hall–Kier alpha value is -3.06. The van der Waals surface area contributed by atoms with E-state index in [1.54, 1.807) is 17.4 Å². The zero-order valence-corrected chi connectivity index (χ0v) is 21.6. The van der Waals surface area contributed by atoms with Crippen molar-refractivity contribution in [2.75, 3.05) is 19.8 Å². The monoisotopic (exact) mass is 507 g/mol. The van der Waals surface area contributed by atoms with Crippen LogP contribution < -0.4 is 9.47 Å². The average Bonchev–Trinajstić information content (AvgIpc) is 3.49. The number of aromatic nitrogens is 1. The van der Waals surface area contributed by atoms with E-state index in [1.165, 1.54) is 34.5 Å². The fourth-order valence-corrected chi connectivity index (χ4v) is 6.23. The SMILES string of the molecule is CCOC(=O)C[C@@H]1CCc2cc(OCCCOc3ccc(-c4nc5c(s4)CCCC5)cc3O)ccc21. The lowest BCUT2D eigenvalue weighted by Gasteiger charge is -2.12. The van der Waals surface area contributed by atoms with Gasteiger partial charge in [0.15, 0.2) is 11.5 Å². The lowest BCUT2D eigenvalue weighted by Crippen LogP contribution is -2.08. The minimum atomic E-state index is -0.127. The molecule has 36 heavy (non-hydrogen) atoms. The summed E-state index contributed by atoms with van der Waals surface area (Å²) in [5.41, 5.74) is 4.64. The highest BCUT2D eigenvalue weighted by Gasteiger charge is 2.25. The van der Waals surface area contributed by atoms with Gasteiger partial charge in [-0.2, -0.15) is 0 Å². The van der Waals surface area contributed by atoms with Crippen molar-refractivity contribution in [3.05, 3.63) is 58.1 Å². The van der Waals surface area contributed by atoms with Crippen LogP contribution in [0.25, 0.3) is 10.6 Å². The first kappa shape index (κ1) is 24.6. The molecule has 5 rings (SSSR count). The van der Waals surface area contributed by atoms with Crippen LogP contribution in [-0.2, 0) is 28.8 Å². The van der Waals surface area contributed by atoms with Crippen molar-refractivity contribution in [2.45, 2.75) is 64.2 Å². The van der Waals surface area contributed by atoms with E-state index in [2.05, 4.69) is 12.1 Å². The highest BCUT2D eigenvalue weighted by atomic mass is 32.1. The number of rotatable bonds is 10. The molecule has 0 saturated heterocycles. The molecular formula is C29H33NO5S. The molecule has 0 spiro atoms. The molecule has 190 valence electrons. The van der Waals surface area contributed by atoms with E-state index in [0.717, 1.165) is 42.0 Å². The van der Waals surface area contributed by atoms with E-state index >= 15 is 0 Å². The number of aromatic hydroxyl groups is 1. The van der Waals surface area contributed by atoms with Crippen molar-refractivity contribution in [3.8, 4) is 27.8 Å². The van der Waals surface area contributed by atoms with Gasteiger partial charge in [-0.15, -0.1) is 11.3 Å². The molecule has 3 aromatic rings. The summed E-state index contributed by atoms with van der Waals surface area (Å²) in [7, 11) is 0. The van der Waals surface area contributed by atoms with Gasteiger partial charge in [0.25, 0.3) is 0 Å². The molecule has 2 aliphatic carbocycles. The van der Waals surface area contributed by atoms with Crippen LogP contribution in [0.5, 0.6) is 17.2 Å². The van der Waals surface area contributed by atoms with Crippen molar-refractivity contribution < 1.29 is 24.1 Å². The van der Waals surface area contributed by atoms with E-state index in [9.17, 15) is 9.90 Å². The maximum Gasteiger partial charge on any atom is 0.306 e. The summed E-state index contributed by atoms with van der Waals surface area (Å²) in [6.45, 7) is 3.23. The smallest absolute Gasteiger partial charge is 0.306 e. The van der Waals surface area contributed by atoms with Crippen molar-refractivity contribution in [1.82, 2.24) is 4.98 Å². The van der Waals surface area contributed by atoms with Crippen LogP contribution in [0, 0.1) is 0 Å². The van der Waals surface area contributed by atoms with Crippen molar-refractivity contribution in [1.29, 1.82) is 0 Å². The van der Waals surface area contributed by atoms with E-state index in [4.69, 9.17) is 19.2 Å². The van der Waals surface area contributed by atoms with Gasteiger partial charge in [-0.1, -0.05) is 6.07 Å². The minimum absolute atomic E-state index is 0.127. The summed E-state index contributed by atoms with van der Waals surface area (Å²) in [4.78, 5) is 18.0. The van der Waals surface area contributed by atoms with Crippen molar-refractivity contribution in [3.63, 3.8) is 0 Å². The highest BCUT2D eigenvalue weighted by Crippen LogP contribution is 2.38. The van der Waals surface area contributed by atoms with Gasteiger partial charge in [0, 0.05) is 16.9 Å². The molecule has 0 radical (unpaired) electrons. The number of hydrogen-bond acceptors (Lipinski definition) is 7. The predicted molar refractivity (Wildman–Crippen MR) is 140 cm³/mol. The van der Waals surface area contributed by atoms with E-state index in [0.29, 0.717) is 38.4 Å². The maximum atomic E-state index is 11.8. The number of nitrogens with zero attached hydrogens (tertiary/aromatic N) is 1. The first-order chi connectivity index (χ1) is 17.6. The summed E-state index contributed by atoms with van der Waals surface area (Å²) in [5, 5.41) is 11.4. The molecular weight excluding hydrogens is 474 g/mol. The number of fused-ring (bicyclic) bond motifs is 2. The Labute approximate surface area is 216 Å². The predicted octanol–water partition coefficient (Wildman–Crippen LogP) is 6.23. The molecule has 6 nitrogen and oxygen atoms in total. The quantitative estimate of drug-likeness (QED) is 0.259. The number of carbonyl (C=O) groups is 1. The third kappa shape index (κ3) is 5.67. The standard InChI is InChI=1S/C29H33NO5S/c1-2-33-28(32)18-20-9-8-19-16-22(11-12-23(19)20)34-14-5-15-35-26-13-10-21(17-25(26)31)29-30-24-6-3-4-7-27(24)36-29/h10-13,16-17,20,31H,2-9,14-15,18H2,1H3/t20-/m0/s1. The Morgan fingerprint density at radius 3 is 2.78 bits per heavy atom. The molecule has 0 aliphatic heterocycles. The molecule has 0 saturated carbocycles. The normalized spacial score (nSPS) is 16.3. The zero-order chi connectivity index (χ0) is 24.9. The fraction of sp³-hybridized carbons (Fsp3) is 0.448. The molecule has 0 fully saturated rings. The Bertz CT molecular complexity index is 1200. The van der Waals surface area contributed by atoms with Gasteiger partial charge < -0.3 is 19.3 Å². The molecule has 1 N–H and O–H groups in total. The second kappa shape index (κ2) is 11.3. The summed E-state index contributed by atoms with van der Waals surface area (Å²) in [5.74, 6) is 1.56. The summed E-state index contributed by atoms with van der Waals surface area (Å²) in [6, 6.07) is 11.7. The van der Waals surface area contributed by atoms with Crippen LogP contribution in [0.15, 0.2) is 36.4 Å².